The van der Waals surface area contributed by atoms with Gasteiger partial charge < -0.3 is 15.7 Å². The van der Waals surface area contributed by atoms with Crippen LogP contribution in [0.5, 0.6) is 0 Å². The van der Waals surface area contributed by atoms with Crippen molar-refractivity contribution in [2.45, 2.75) is 6.04 Å². The molecule has 1 fully saturated rings. The Morgan fingerprint density at radius 2 is 2.00 bits per heavy atom. The number of rotatable bonds is 1. The number of halogens is 2. The molecule has 0 unspecified atom stereocenters. The van der Waals surface area contributed by atoms with Crippen molar-refractivity contribution in [1.29, 1.82) is 0 Å². The normalized spacial score (nSPS) is 24.3. The molecule has 5 heteroatoms. The van der Waals surface area contributed by atoms with Gasteiger partial charge in [-0.3, -0.25) is 0 Å². The van der Waals surface area contributed by atoms with Crippen LogP contribution in [-0.2, 0) is 0 Å². The van der Waals surface area contributed by atoms with Gasteiger partial charge in [-0.1, -0.05) is 0 Å². The van der Waals surface area contributed by atoms with Crippen LogP contribution in [0.3, 0.4) is 0 Å². The summed E-state index contributed by atoms with van der Waals surface area (Å²) in [5, 5.41) is 14.9. The van der Waals surface area contributed by atoms with E-state index < -0.39 is 0 Å². The maximum Gasteiger partial charge on any atom is 0.0597 e. The average molecular weight is 189 g/mol. The molecule has 1 atom stereocenters. The Kier molecular flexibility index (Phi) is 9.90. The van der Waals surface area contributed by atoms with E-state index in [9.17, 15) is 0 Å². The minimum absolute atomic E-state index is 0. The summed E-state index contributed by atoms with van der Waals surface area (Å²) in [5.41, 5.74) is 0. The van der Waals surface area contributed by atoms with Crippen molar-refractivity contribution in [3.05, 3.63) is 0 Å². The summed E-state index contributed by atoms with van der Waals surface area (Å²) in [6, 6.07) is 0.281. The molecule has 0 aromatic rings. The van der Waals surface area contributed by atoms with Crippen LogP contribution in [0.15, 0.2) is 0 Å². The molecule has 10 heavy (non-hydrogen) atoms. The van der Waals surface area contributed by atoms with Crippen LogP contribution in [0.25, 0.3) is 0 Å². The third kappa shape index (κ3) is 4.30. The minimum Gasteiger partial charge on any atom is -0.395 e. The van der Waals surface area contributed by atoms with Gasteiger partial charge in [0, 0.05) is 25.7 Å². The molecule has 1 heterocycles. The Labute approximate surface area is 73.4 Å². The Morgan fingerprint density at radius 3 is 2.30 bits per heavy atom. The lowest BCUT2D eigenvalue weighted by Crippen LogP contribution is -2.49. The summed E-state index contributed by atoms with van der Waals surface area (Å²) >= 11 is 0. The molecule has 1 rings (SSSR count). The third-order valence-corrected chi connectivity index (χ3v) is 1.35. The van der Waals surface area contributed by atoms with E-state index in [1.54, 1.807) is 0 Å². The quantitative estimate of drug-likeness (QED) is 0.515. The molecular weight excluding hydrogens is 175 g/mol. The van der Waals surface area contributed by atoms with E-state index in [4.69, 9.17) is 5.11 Å². The monoisotopic (exact) mass is 188 g/mol. The zero-order valence-electron chi connectivity index (χ0n) is 5.67. The topological polar surface area (TPSA) is 44.3 Å². The first-order chi connectivity index (χ1) is 3.93. The van der Waals surface area contributed by atoms with E-state index in [1.807, 2.05) is 0 Å². The molecule has 3 N–H and O–H groups in total. The molecule has 64 valence electrons. The predicted octanol–water partition coefficient (Wildman–Crippen LogP) is -0.616. The number of piperazine rings is 1. The summed E-state index contributed by atoms with van der Waals surface area (Å²) in [6.07, 6.45) is 0. The molecule has 0 spiro atoms. The second kappa shape index (κ2) is 7.57. The lowest BCUT2D eigenvalue weighted by Gasteiger charge is -2.21. The lowest BCUT2D eigenvalue weighted by atomic mass is 10.2. The highest BCUT2D eigenvalue weighted by Gasteiger charge is 2.08. The molecule has 0 aliphatic carbocycles. The summed E-state index contributed by atoms with van der Waals surface area (Å²) in [5.74, 6) is 0. The molecule has 0 aromatic heterocycles. The van der Waals surface area contributed by atoms with Gasteiger partial charge in [-0.05, 0) is 0 Å². The Hall–Kier alpha value is 0.460. The number of aliphatic hydroxyl groups is 1. The molecule has 0 bridgehead atoms. The van der Waals surface area contributed by atoms with Crippen LogP contribution in [-0.4, -0.2) is 37.4 Å². The van der Waals surface area contributed by atoms with Crippen molar-refractivity contribution in [2.24, 2.45) is 0 Å². The van der Waals surface area contributed by atoms with E-state index in [2.05, 4.69) is 10.6 Å². The van der Waals surface area contributed by atoms with Crippen molar-refractivity contribution in [3.63, 3.8) is 0 Å². The fraction of sp³-hybridized carbons (Fsp3) is 1.00. The predicted molar refractivity (Wildman–Crippen MR) is 46.2 cm³/mol. The van der Waals surface area contributed by atoms with Crippen molar-refractivity contribution < 1.29 is 5.11 Å². The van der Waals surface area contributed by atoms with Gasteiger partial charge in [-0.25, -0.2) is 0 Å². The Morgan fingerprint density at radius 1 is 1.30 bits per heavy atom. The Bertz CT molecular complexity index is 68.7. The van der Waals surface area contributed by atoms with Gasteiger partial charge in [0.1, 0.15) is 0 Å². The van der Waals surface area contributed by atoms with E-state index >= 15 is 0 Å². The summed E-state index contributed by atoms with van der Waals surface area (Å²) in [7, 11) is 0. The maximum absolute atomic E-state index is 8.59. The first-order valence-electron chi connectivity index (χ1n) is 2.98. The molecule has 3 nitrogen and oxygen atoms in total. The maximum atomic E-state index is 8.59. The van der Waals surface area contributed by atoms with E-state index in [0.717, 1.165) is 19.6 Å². The molecule has 1 aliphatic heterocycles. The third-order valence-electron chi connectivity index (χ3n) is 1.35. The molecule has 0 radical (unpaired) electrons. The van der Waals surface area contributed by atoms with Crippen molar-refractivity contribution >= 4 is 24.8 Å². The standard InChI is InChI=1S/C5H12N2O.2ClH/c8-4-5-3-6-1-2-7-5;;/h5-8H,1-4H2;2*1H/t5-;;/m1../s1. The van der Waals surface area contributed by atoms with Crippen molar-refractivity contribution in [1.82, 2.24) is 10.6 Å². The van der Waals surface area contributed by atoms with Crippen LogP contribution < -0.4 is 10.6 Å². The highest BCUT2D eigenvalue weighted by Crippen LogP contribution is 1.82. The number of nitrogens with one attached hydrogen (secondary N) is 2. The molecular formula is C5H14Cl2N2O. The second-order valence-electron chi connectivity index (χ2n) is 2.04. The largest absolute Gasteiger partial charge is 0.395 e. The van der Waals surface area contributed by atoms with Gasteiger partial charge in [0.2, 0.25) is 0 Å². The van der Waals surface area contributed by atoms with Crippen LogP contribution in [0.4, 0.5) is 0 Å². The zero-order chi connectivity index (χ0) is 5.82. The highest BCUT2D eigenvalue weighted by molar-refractivity contribution is 5.85. The zero-order valence-corrected chi connectivity index (χ0v) is 7.30. The molecule has 0 aromatic carbocycles. The van der Waals surface area contributed by atoms with Crippen molar-refractivity contribution in [3.8, 4) is 0 Å². The van der Waals surface area contributed by atoms with Crippen LogP contribution in [0, 0.1) is 0 Å². The van der Waals surface area contributed by atoms with E-state index in [0.29, 0.717) is 0 Å². The highest BCUT2D eigenvalue weighted by atomic mass is 35.5. The van der Waals surface area contributed by atoms with Gasteiger partial charge in [-0.2, -0.15) is 0 Å². The summed E-state index contributed by atoms with van der Waals surface area (Å²) in [6.45, 7) is 3.14. The van der Waals surface area contributed by atoms with Gasteiger partial charge >= 0.3 is 0 Å². The number of hydrogen-bond donors (Lipinski definition) is 3. The molecule has 0 amide bonds. The van der Waals surface area contributed by atoms with E-state index in [1.165, 1.54) is 0 Å². The second-order valence-corrected chi connectivity index (χ2v) is 2.04. The van der Waals surface area contributed by atoms with Gasteiger partial charge in [0.05, 0.1) is 6.61 Å². The molecule has 1 saturated heterocycles. The average Bonchev–Trinajstić information content (AvgIpc) is 1.90. The van der Waals surface area contributed by atoms with Crippen LogP contribution in [0.2, 0.25) is 0 Å². The fourth-order valence-electron chi connectivity index (χ4n) is 0.842. The van der Waals surface area contributed by atoms with Crippen LogP contribution >= 0.6 is 24.8 Å². The molecule has 1 aliphatic rings. The lowest BCUT2D eigenvalue weighted by molar-refractivity contribution is 0.227. The first-order valence-corrected chi connectivity index (χ1v) is 2.98. The van der Waals surface area contributed by atoms with Gasteiger partial charge in [0.25, 0.3) is 0 Å². The molecule has 0 saturated carbocycles. The van der Waals surface area contributed by atoms with Crippen molar-refractivity contribution in [2.75, 3.05) is 26.2 Å². The smallest absolute Gasteiger partial charge is 0.0597 e. The SMILES string of the molecule is Cl.Cl.OC[C@H]1CNCCN1. The fourth-order valence-corrected chi connectivity index (χ4v) is 0.842. The summed E-state index contributed by atoms with van der Waals surface area (Å²) < 4.78 is 0. The van der Waals surface area contributed by atoms with Gasteiger partial charge in [0.15, 0.2) is 0 Å². The number of hydrogen-bond acceptors (Lipinski definition) is 3. The van der Waals surface area contributed by atoms with E-state index in [-0.39, 0.29) is 37.5 Å². The first kappa shape index (κ1) is 13.1. The summed E-state index contributed by atoms with van der Waals surface area (Å²) in [4.78, 5) is 0. The van der Waals surface area contributed by atoms with Gasteiger partial charge in [-0.15, -0.1) is 24.8 Å². The Balaban J connectivity index is 0. The minimum atomic E-state index is 0. The van der Waals surface area contributed by atoms with Crippen LogP contribution in [0.1, 0.15) is 0 Å². The number of aliphatic hydroxyl groups excluding tert-OH is 1.